The largest absolute Gasteiger partial charge is 0.508 e. The highest BCUT2D eigenvalue weighted by molar-refractivity contribution is 5.93. The van der Waals surface area contributed by atoms with Gasteiger partial charge in [-0.25, -0.2) is 4.98 Å². The van der Waals surface area contributed by atoms with E-state index in [0.717, 1.165) is 33.2 Å². The minimum absolute atomic E-state index is 0.242. The Bertz CT molecular complexity index is 1260. The second-order valence-electron chi connectivity index (χ2n) is 6.24. The van der Waals surface area contributed by atoms with Crippen LogP contribution in [0, 0.1) is 0 Å². The summed E-state index contributed by atoms with van der Waals surface area (Å²) in [4.78, 5) is 4.51. The number of hydrogen-bond acceptors (Lipinski definition) is 5. The van der Waals surface area contributed by atoms with Crippen molar-refractivity contribution in [3.05, 3.63) is 79.3 Å². The lowest BCUT2D eigenvalue weighted by Crippen LogP contribution is -1.97. The molecular weight excluding hydrogens is 338 g/mol. The number of fused-ring (bicyclic) bond motifs is 2. The number of imidazole rings is 1. The van der Waals surface area contributed by atoms with Crippen LogP contribution in [0.2, 0.25) is 0 Å². The second kappa shape index (κ2) is 6.10. The molecule has 2 N–H and O–H groups in total. The van der Waals surface area contributed by atoms with Gasteiger partial charge in [0.15, 0.2) is 5.82 Å². The molecule has 0 radical (unpaired) electrons. The fourth-order valence-electron chi connectivity index (χ4n) is 3.17. The third-order valence-electron chi connectivity index (χ3n) is 4.51. The van der Waals surface area contributed by atoms with Crippen molar-refractivity contribution in [2.75, 3.05) is 5.32 Å². The summed E-state index contributed by atoms with van der Waals surface area (Å²) >= 11 is 0. The van der Waals surface area contributed by atoms with Gasteiger partial charge in [-0.05, 0) is 42.5 Å². The first-order valence-electron chi connectivity index (χ1n) is 8.52. The molecule has 6 heteroatoms. The fraction of sp³-hybridized carbons (Fsp3) is 0. The van der Waals surface area contributed by atoms with E-state index in [1.54, 1.807) is 24.7 Å². The molecule has 0 atom stereocenters. The Labute approximate surface area is 154 Å². The van der Waals surface area contributed by atoms with Gasteiger partial charge in [-0.1, -0.05) is 24.3 Å². The van der Waals surface area contributed by atoms with Crippen LogP contribution in [0.15, 0.2) is 79.3 Å². The first-order valence-corrected chi connectivity index (χ1v) is 8.52. The molecule has 5 rings (SSSR count). The molecule has 0 unspecified atom stereocenters. The molecule has 0 aliphatic carbocycles. The highest BCUT2D eigenvalue weighted by atomic mass is 16.3. The summed E-state index contributed by atoms with van der Waals surface area (Å²) < 4.78 is 1.98. The van der Waals surface area contributed by atoms with Gasteiger partial charge in [0.2, 0.25) is 0 Å². The highest BCUT2D eigenvalue weighted by Crippen LogP contribution is 2.26. The van der Waals surface area contributed by atoms with Crippen LogP contribution in [0.5, 0.6) is 5.75 Å². The van der Waals surface area contributed by atoms with Gasteiger partial charge in [0.25, 0.3) is 0 Å². The van der Waals surface area contributed by atoms with Crippen molar-refractivity contribution in [1.29, 1.82) is 0 Å². The number of phenolic OH excluding ortho intramolecular Hbond substituents is 1. The number of nitrogens with zero attached hydrogens (tertiary/aromatic N) is 4. The molecule has 2 aromatic heterocycles. The zero-order valence-electron chi connectivity index (χ0n) is 14.2. The van der Waals surface area contributed by atoms with Gasteiger partial charge < -0.3 is 10.4 Å². The molecule has 3 aromatic carbocycles. The summed E-state index contributed by atoms with van der Waals surface area (Å²) in [5.74, 6) is 0.955. The van der Waals surface area contributed by atoms with Crippen molar-refractivity contribution in [3.8, 4) is 11.4 Å². The molecule has 0 aliphatic rings. The van der Waals surface area contributed by atoms with Crippen molar-refractivity contribution in [1.82, 2.24) is 19.7 Å². The van der Waals surface area contributed by atoms with E-state index >= 15 is 0 Å². The maximum Gasteiger partial charge on any atom is 0.160 e. The van der Waals surface area contributed by atoms with Crippen LogP contribution in [0.3, 0.4) is 0 Å². The fourth-order valence-corrected chi connectivity index (χ4v) is 3.17. The van der Waals surface area contributed by atoms with Crippen LogP contribution in [0.4, 0.5) is 11.5 Å². The Morgan fingerprint density at radius 1 is 0.926 bits per heavy atom. The third kappa shape index (κ3) is 2.73. The van der Waals surface area contributed by atoms with E-state index in [1.165, 1.54) is 0 Å². The van der Waals surface area contributed by atoms with Gasteiger partial charge in [-0.3, -0.25) is 4.57 Å². The molecule has 130 valence electrons. The summed E-state index contributed by atoms with van der Waals surface area (Å²) in [6.07, 6.45) is 3.53. The predicted molar refractivity (Wildman–Crippen MR) is 106 cm³/mol. The Morgan fingerprint density at radius 2 is 1.78 bits per heavy atom. The number of anilines is 2. The quantitative estimate of drug-likeness (QED) is 0.502. The van der Waals surface area contributed by atoms with Crippen LogP contribution in [-0.2, 0) is 0 Å². The molecule has 0 aliphatic heterocycles. The number of hydrogen-bond donors (Lipinski definition) is 2. The van der Waals surface area contributed by atoms with Gasteiger partial charge >= 0.3 is 0 Å². The van der Waals surface area contributed by atoms with E-state index in [1.807, 2.05) is 59.2 Å². The first kappa shape index (κ1) is 15.3. The number of aromatic hydroxyl groups is 1. The highest BCUT2D eigenvalue weighted by Gasteiger charge is 2.08. The lowest BCUT2D eigenvalue weighted by Gasteiger charge is -2.08. The van der Waals surface area contributed by atoms with Gasteiger partial charge in [0.05, 0.1) is 17.2 Å². The van der Waals surface area contributed by atoms with Crippen LogP contribution >= 0.6 is 0 Å². The third-order valence-corrected chi connectivity index (χ3v) is 4.51. The van der Waals surface area contributed by atoms with Gasteiger partial charge in [-0.2, -0.15) is 5.10 Å². The molecule has 0 bridgehead atoms. The molecular formula is C21H15N5O. The van der Waals surface area contributed by atoms with E-state index in [2.05, 4.69) is 20.5 Å². The molecule has 0 spiro atoms. The average molecular weight is 353 g/mol. The Hall–Kier alpha value is -3.93. The number of nitrogens with one attached hydrogen (secondary N) is 1. The maximum absolute atomic E-state index is 9.48. The monoisotopic (exact) mass is 353 g/mol. The summed E-state index contributed by atoms with van der Waals surface area (Å²) in [7, 11) is 0. The molecule has 5 aromatic rings. The number of aromatic nitrogens is 4. The van der Waals surface area contributed by atoms with Crippen molar-refractivity contribution < 1.29 is 5.11 Å². The first-order chi connectivity index (χ1) is 13.3. The second-order valence-corrected chi connectivity index (χ2v) is 6.24. The molecule has 27 heavy (non-hydrogen) atoms. The number of phenols is 1. The average Bonchev–Trinajstić information content (AvgIpc) is 3.12. The maximum atomic E-state index is 9.48. The van der Waals surface area contributed by atoms with Gasteiger partial charge in [-0.15, -0.1) is 5.10 Å². The van der Waals surface area contributed by atoms with Crippen molar-refractivity contribution >= 4 is 33.3 Å². The van der Waals surface area contributed by atoms with Crippen molar-refractivity contribution in [2.24, 2.45) is 0 Å². The van der Waals surface area contributed by atoms with E-state index in [9.17, 15) is 5.11 Å². The van der Waals surface area contributed by atoms with E-state index in [4.69, 9.17) is 0 Å². The molecule has 2 heterocycles. The van der Waals surface area contributed by atoms with Gasteiger partial charge in [0.1, 0.15) is 12.1 Å². The minimum atomic E-state index is 0.242. The lowest BCUT2D eigenvalue weighted by molar-refractivity contribution is 0.475. The Morgan fingerprint density at radius 3 is 2.67 bits per heavy atom. The standard InChI is InChI=1S/C21H15N5O/c27-17-8-6-16(7-9-17)26-13-22-19-11-15(5-10-20(19)26)24-21-18-4-2-1-3-14(18)12-23-25-21/h1-13,27H,(H,24,25). The van der Waals surface area contributed by atoms with Crippen LogP contribution in [0.25, 0.3) is 27.5 Å². The summed E-state index contributed by atoms with van der Waals surface area (Å²) in [6, 6.07) is 21.0. The zero-order chi connectivity index (χ0) is 18.2. The Kier molecular flexibility index (Phi) is 3.47. The number of benzene rings is 3. The molecule has 0 amide bonds. The Balaban J connectivity index is 1.53. The minimum Gasteiger partial charge on any atom is -0.508 e. The SMILES string of the molecule is Oc1ccc(-n2cnc3cc(Nc4nncc5ccccc45)ccc32)cc1. The predicted octanol–water partition coefficient (Wildman–Crippen LogP) is 4.42. The van der Waals surface area contributed by atoms with Crippen molar-refractivity contribution in [2.45, 2.75) is 0 Å². The molecule has 0 fully saturated rings. The van der Waals surface area contributed by atoms with Crippen LogP contribution in [0.1, 0.15) is 0 Å². The van der Waals surface area contributed by atoms with E-state index < -0.39 is 0 Å². The van der Waals surface area contributed by atoms with Crippen LogP contribution in [-0.4, -0.2) is 24.9 Å². The van der Waals surface area contributed by atoms with Gasteiger partial charge in [0, 0.05) is 22.1 Å². The normalized spacial score (nSPS) is 11.1. The zero-order valence-corrected chi connectivity index (χ0v) is 14.2. The summed E-state index contributed by atoms with van der Waals surface area (Å²) in [5.41, 5.74) is 3.68. The lowest BCUT2D eigenvalue weighted by atomic mass is 10.2. The smallest absolute Gasteiger partial charge is 0.160 e. The summed E-state index contributed by atoms with van der Waals surface area (Å²) in [6.45, 7) is 0. The molecule has 0 saturated heterocycles. The molecule has 6 nitrogen and oxygen atoms in total. The van der Waals surface area contributed by atoms with E-state index in [-0.39, 0.29) is 5.75 Å². The topological polar surface area (TPSA) is 75.9 Å². The van der Waals surface area contributed by atoms with Crippen LogP contribution < -0.4 is 5.32 Å². The molecule has 0 saturated carbocycles. The van der Waals surface area contributed by atoms with Crippen molar-refractivity contribution in [3.63, 3.8) is 0 Å². The summed E-state index contributed by atoms with van der Waals surface area (Å²) in [5, 5.41) is 23.2. The van der Waals surface area contributed by atoms with E-state index in [0.29, 0.717) is 5.82 Å². The number of rotatable bonds is 3.